The van der Waals surface area contributed by atoms with Crippen LogP contribution in [0.15, 0.2) is 24.3 Å². The Morgan fingerprint density at radius 2 is 2.05 bits per heavy atom. The minimum absolute atomic E-state index is 0.151. The molecule has 1 atom stereocenters. The number of amides is 1. The van der Waals surface area contributed by atoms with Crippen LogP contribution in [0.2, 0.25) is 0 Å². The van der Waals surface area contributed by atoms with Crippen molar-refractivity contribution in [2.45, 2.75) is 13.3 Å². The van der Waals surface area contributed by atoms with E-state index < -0.39 is 28.8 Å². The molecule has 5 nitrogen and oxygen atoms in total. The Hall–Kier alpha value is -1.61. The second-order valence-electron chi connectivity index (χ2n) is 4.21. The zero-order valence-corrected chi connectivity index (χ0v) is 12.9. The molecular weight excluding hydrogens is 323 g/mol. The molecule has 0 aliphatic rings. The summed E-state index contributed by atoms with van der Waals surface area (Å²) in [5, 5.41) is 0. The van der Waals surface area contributed by atoms with Gasteiger partial charge in [-0.3, -0.25) is 13.9 Å². The number of carbonyl (C=O) groups excluding carboxylic acids is 1. The van der Waals surface area contributed by atoms with Gasteiger partial charge in [0, 0.05) is 35.4 Å². The maximum absolute atomic E-state index is 12.2. The Morgan fingerprint density at radius 1 is 1.36 bits per heavy atom. The molecule has 0 saturated carbocycles. The van der Waals surface area contributed by atoms with E-state index in [1.165, 1.54) is 18.4 Å². The summed E-state index contributed by atoms with van der Waals surface area (Å²) < 4.78 is 56.8. The van der Waals surface area contributed by atoms with Crippen molar-refractivity contribution in [2.24, 2.45) is 0 Å². The number of benzene rings is 1. The first-order chi connectivity index (χ1) is 10.2. The minimum Gasteiger partial charge on any atom is -0.406 e. The molecule has 0 aliphatic heterocycles. The van der Waals surface area contributed by atoms with Gasteiger partial charge in [-0.2, -0.15) is 0 Å². The normalized spacial score (nSPS) is 12.8. The van der Waals surface area contributed by atoms with E-state index in [0.29, 0.717) is 6.61 Å². The molecule has 1 unspecified atom stereocenters. The van der Waals surface area contributed by atoms with E-state index in [9.17, 15) is 22.2 Å². The van der Waals surface area contributed by atoms with Crippen molar-refractivity contribution in [3.8, 4) is 5.75 Å². The van der Waals surface area contributed by atoms with E-state index in [1.54, 1.807) is 6.92 Å². The van der Waals surface area contributed by atoms with Crippen LogP contribution in [0.5, 0.6) is 5.75 Å². The standard InChI is InChI=1S/C13H16F3NO4S/c1-3-20-9-17(12(18)8-22(2)19)10-5-4-6-11(7-10)21-13(14,15)16/h4-7H,3,8-9H2,1-2H3. The van der Waals surface area contributed by atoms with Crippen molar-refractivity contribution >= 4 is 22.4 Å². The van der Waals surface area contributed by atoms with Gasteiger partial charge in [0.25, 0.3) is 0 Å². The number of hydrogen-bond acceptors (Lipinski definition) is 4. The Labute approximate surface area is 128 Å². The molecule has 9 heteroatoms. The number of nitrogens with zero attached hydrogens (tertiary/aromatic N) is 1. The fourth-order valence-corrected chi connectivity index (χ4v) is 2.08. The Bertz CT molecular complexity index is 536. The number of alkyl halides is 3. The van der Waals surface area contributed by atoms with Crippen molar-refractivity contribution in [1.82, 2.24) is 0 Å². The smallest absolute Gasteiger partial charge is 0.406 e. The number of rotatable bonds is 7. The predicted octanol–water partition coefficient (Wildman–Crippen LogP) is 2.29. The van der Waals surface area contributed by atoms with Gasteiger partial charge in [-0.15, -0.1) is 13.2 Å². The number of ether oxygens (including phenoxy) is 2. The van der Waals surface area contributed by atoms with Gasteiger partial charge in [-0.1, -0.05) is 6.07 Å². The maximum Gasteiger partial charge on any atom is 0.573 e. The second-order valence-corrected chi connectivity index (χ2v) is 5.64. The van der Waals surface area contributed by atoms with Crippen LogP contribution in [0, 0.1) is 0 Å². The van der Waals surface area contributed by atoms with Crippen molar-refractivity contribution < 1.29 is 31.6 Å². The number of carbonyl (C=O) groups is 1. The van der Waals surface area contributed by atoms with Crippen molar-refractivity contribution in [3.63, 3.8) is 0 Å². The summed E-state index contributed by atoms with van der Waals surface area (Å²) in [6.45, 7) is 1.88. The molecule has 1 rings (SSSR count). The molecule has 0 radical (unpaired) electrons. The molecule has 0 heterocycles. The average Bonchev–Trinajstić information content (AvgIpc) is 2.36. The lowest BCUT2D eigenvalue weighted by Gasteiger charge is -2.22. The van der Waals surface area contributed by atoms with Crippen LogP contribution in [0.3, 0.4) is 0 Å². The summed E-state index contributed by atoms with van der Waals surface area (Å²) in [4.78, 5) is 13.2. The van der Waals surface area contributed by atoms with Gasteiger partial charge < -0.3 is 9.47 Å². The molecule has 1 aromatic rings. The van der Waals surface area contributed by atoms with Crippen molar-refractivity contribution in [3.05, 3.63) is 24.3 Å². The van der Waals surface area contributed by atoms with Crippen LogP contribution in [0.4, 0.5) is 18.9 Å². The van der Waals surface area contributed by atoms with E-state index in [4.69, 9.17) is 4.74 Å². The first-order valence-corrected chi connectivity index (χ1v) is 7.99. The molecule has 1 aromatic carbocycles. The average molecular weight is 339 g/mol. The quantitative estimate of drug-likeness (QED) is 0.715. The summed E-state index contributed by atoms with van der Waals surface area (Å²) in [6.07, 6.45) is -3.46. The molecule has 124 valence electrons. The van der Waals surface area contributed by atoms with E-state index in [0.717, 1.165) is 17.0 Å². The lowest BCUT2D eigenvalue weighted by molar-refractivity contribution is -0.274. The van der Waals surface area contributed by atoms with Crippen LogP contribution in [0.1, 0.15) is 6.92 Å². The summed E-state index contributed by atoms with van der Waals surface area (Å²) in [5.74, 6) is -1.22. The molecular formula is C13H16F3NO4S. The lowest BCUT2D eigenvalue weighted by Crippen LogP contribution is -2.36. The van der Waals surface area contributed by atoms with Crippen molar-refractivity contribution in [1.29, 1.82) is 0 Å². The third-order valence-corrected chi connectivity index (χ3v) is 3.07. The minimum atomic E-state index is -4.82. The first-order valence-electron chi connectivity index (χ1n) is 6.27. The van der Waals surface area contributed by atoms with Crippen LogP contribution in [-0.2, 0) is 20.3 Å². The molecule has 0 spiro atoms. The SMILES string of the molecule is CCOCN(C(=O)CS(C)=O)c1cccc(OC(F)(F)F)c1. The number of hydrogen-bond donors (Lipinski definition) is 0. The Kier molecular flexibility index (Phi) is 6.82. The lowest BCUT2D eigenvalue weighted by atomic mass is 10.3. The van der Waals surface area contributed by atoms with E-state index in [1.807, 2.05) is 0 Å². The summed E-state index contributed by atoms with van der Waals surface area (Å²) >= 11 is 0. The van der Waals surface area contributed by atoms with Gasteiger partial charge in [0.2, 0.25) is 5.91 Å². The summed E-state index contributed by atoms with van der Waals surface area (Å²) in [6, 6.07) is 4.96. The van der Waals surface area contributed by atoms with Crippen LogP contribution in [0.25, 0.3) is 0 Å². The van der Waals surface area contributed by atoms with Crippen molar-refractivity contribution in [2.75, 3.05) is 30.2 Å². The molecule has 0 aliphatic carbocycles. The van der Waals surface area contributed by atoms with Crippen LogP contribution in [-0.4, -0.2) is 41.8 Å². The molecule has 1 amide bonds. The molecule has 0 fully saturated rings. The first kappa shape index (κ1) is 18.4. The highest BCUT2D eigenvalue weighted by Crippen LogP contribution is 2.27. The highest BCUT2D eigenvalue weighted by atomic mass is 32.2. The molecule has 0 aromatic heterocycles. The topological polar surface area (TPSA) is 55.8 Å². The monoisotopic (exact) mass is 339 g/mol. The fourth-order valence-electron chi connectivity index (χ4n) is 1.57. The Balaban J connectivity index is 3.00. The summed E-state index contributed by atoms with van der Waals surface area (Å²) in [7, 11) is -1.37. The van der Waals surface area contributed by atoms with Crippen LogP contribution >= 0.6 is 0 Å². The highest BCUT2D eigenvalue weighted by molar-refractivity contribution is 7.85. The van der Waals surface area contributed by atoms with Gasteiger partial charge >= 0.3 is 6.36 Å². The van der Waals surface area contributed by atoms with Gasteiger partial charge in [0.15, 0.2) is 0 Å². The largest absolute Gasteiger partial charge is 0.573 e. The number of anilines is 1. The molecule has 0 bridgehead atoms. The van der Waals surface area contributed by atoms with Crippen LogP contribution < -0.4 is 9.64 Å². The third kappa shape index (κ3) is 6.44. The zero-order chi connectivity index (χ0) is 16.8. The highest BCUT2D eigenvalue weighted by Gasteiger charge is 2.31. The second kappa shape index (κ2) is 8.14. The van der Waals surface area contributed by atoms with Gasteiger partial charge in [0.1, 0.15) is 18.2 Å². The van der Waals surface area contributed by atoms with Gasteiger partial charge in [-0.05, 0) is 19.1 Å². The fraction of sp³-hybridized carbons (Fsp3) is 0.462. The summed E-state index contributed by atoms with van der Waals surface area (Å²) in [5.41, 5.74) is 0.172. The number of halogens is 3. The zero-order valence-electron chi connectivity index (χ0n) is 12.1. The Morgan fingerprint density at radius 3 is 2.59 bits per heavy atom. The van der Waals surface area contributed by atoms with E-state index in [-0.39, 0.29) is 18.2 Å². The van der Waals surface area contributed by atoms with E-state index >= 15 is 0 Å². The predicted molar refractivity (Wildman–Crippen MR) is 76.0 cm³/mol. The van der Waals surface area contributed by atoms with Gasteiger partial charge in [-0.25, -0.2) is 0 Å². The van der Waals surface area contributed by atoms with Gasteiger partial charge in [0.05, 0.1) is 0 Å². The van der Waals surface area contributed by atoms with E-state index in [2.05, 4.69) is 4.74 Å². The third-order valence-electron chi connectivity index (χ3n) is 2.42. The molecule has 0 N–H and O–H groups in total. The maximum atomic E-state index is 12.2. The molecule has 0 saturated heterocycles. The molecule has 22 heavy (non-hydrogen) atoms.